The van der Waals surface area contributed by atoms with Crippen molar-refractivity contribution >= 4 is 0 Å². The molecule has 5 rings (SSSR count). The lowest BCUT2D eigenvalue weighted by Crippen LogP contribution is -2.66. The van der Waals surface area contributed by atoms with Crippen LogP contribution in [-0.4, -0.2) is 56.1 Å². The van der Waals surface area contributed by atoms with Crippen LogP contribution in [-0.2, 0) is 16.6 Å². The Balaban J connectivity index is 1.89. The van der Waals surface area contributed by atoms with E-state index in [4.69, 9.17) is 14.2 Å². The first-order valence-electron chi connectivity index (χ1n) is 8.80. The van der Waals surface area contributed by atoms with Gasteiger partial charge in [-0.3, -0.25) is 4.90 Å². The van der Waals surface area contributed by atoms with Gasteiger partial charge in [-0.05, 0) is 49.7 Å². The fourth-order valence-electron chi connectivity index (χ4n) is 5.60. The smallest absolute Gasteiger partial charge is 0.202 e. The van der Waals surface area contributed by atoms with E-state index in [-0.39, 0.29) is 12.0 Å². The fraction of sp³-hybridized carbons (Fsp3) is 0.500. The number of hydrogen-bond donors (Lipinski definition) is 1. The Hall–Kier alpha value is -1.98. The summed E-state index contributed by atoms with van der Waals surface area (Å²) >= 11 is 0. The zero-order chi connectivity index (χ0) is 17.4. The van der Waals surface area contributed by atoms with E-state index in [1.54, 1.807) is 14.2 Å². The van der Waals surface area contributed by atoms with Crippen LogP contribution in [0.4, 0.5) is 0 Å². The van der Waals surface area contributed by atoms with Crippen LogP contribution in [0.1, 0.15) is 17.5 Å². The van der Waals surface area contributed by atoms with Crippen molar-refractivity contribution in [1.29, 1.82) is 0 Å². The van der Waals surface area contributed by atoms with E-state index in [1.807, 2.05) is 12.1 Å². The number of rotatable bonds is 3. The lowest BCUT2D eigenvalue weighted by Gasteiger charge is -2.56. The first-order chi connectivity index (χ1) is 12.1. The lowest BCUT2D eigenvalue weighted by molar-refractivity contribution is -0.0491. The van der Waals surface area contributed by atoms with Crippen molar-refractivity contribution in [2.45, 2.75) is 29.9 Å². The third-order valence-corrected chi connectivity index (χ3v) is 6.71. The minimum Gasteiger partial charge on any atom is -0.497 e. The van der Waals surface area contributed by atoms with Crippen LogP contribution >= 0.6 is 0 Å². The summed E-state index contributed by atoms with van der Waals surface area (Å²) in [5, 5.41) is 10.6. The van der Waals surface area contributed by atoms with Gasteiger partial charge in [-0.15, -0.1) is 0 Å². The zero-order valence-corrected chi connectivity index (χ0v) is 14.8. The van der Waals surface area contributed by atoms with Crippen molar-refractivity contribution in [3.05, 3.63) is 46.7 Å². The zero-order valence-electron chi connectivity index (χ0n) is 14.8. The molecule has 1 aromatic rings. The Bertz CT molecular complexity index is 829. The number of hydrogen-bond acceptors (Lipinski definition) is 5. The van der Waals surface area contributed by atoms with Gasteiger partial charge >= 0.3 is 0 Å². The SMILES string of the molecule is COC1=CC=C2[C@@H]3Cc4ccc(OC)c5c4[C@@]2(CCN3C)[C@]1(CO)O5. The van der Waals surface area contributed by atoms with Crippen molar-refractivity contribution in [3.63, 3.8) is 0 Å². The molecule has 2 bridgehead atoms. The molecule has 0 radical (unpaired) electrons. The van der Waals surface area contributed by atoms with Gasteiger partial charge < -0.3 is 19.3 Å². The Kier molecular flexibility index (Phi) is 2.94. The highest BCUT2D eigenvalue weighted by atomic mass is 16.6. The number of benzene rings is 1. The standard InChI is InChI=1S/C20H23NO4/c1-21-9-8-19-13-5-7-16(24-3)20(19,11-22)25-18-15(23-2)6-4-12(17(18)19)10-14(13)21/h4-7,14,22H,8-11H2,1-3H3/t14-,19-,20+/m0/s1. The molecule has 1 spiro atoms. The molecule has 0 amide bonds. The monoisotopic (exact) mass is 341 g/mol. The summed E-state index contributed by atoms with van der Waals surface area (Å²) < 4.78 is 17.8. The number of nitrogens with zero attached hydrogens (tertiary/aromatic N) is 1. The Labute approximate surface area is 147 Å². The quantitative estimate of drug-likeness (QED) is 0.908. The second-order valence-electron chi connectivity index (χ2n) is 7.43. The van der Waals surface area contributed by atoms with Gasteiger partial charge in [0.1, 0.15) is 5.76 Å². The maximum Gasteiger partial charge on any atom is 0.202 e. The van der Waals surface area contributed by atoms with Gasteiger partial charge in [0.05, 0.1) is 26.2 Å². The fourth-order valence-corrected chi connectivity index (χ4v) is 5.60. The molecule has 5 heteroatoms. The number of aliphatic hydroxyl groups is 1. The maximum absolute atomic E-state index is 10.6. The van der Waals surface area contributed by atoms with E-state index in [9.17, 15) is 5.11 Å². The summed E-state index contributed by atoms with van der Waals surface area (Å²) in [7, 11) is 5.50. The third kappa shape index (κ3) is 1.49. The summed E-state index contributed by atoms with van der Waals surface area (Å²) in [5.74, 6) is 2.18. The highest BCUT2D eigenvalue weighted by Crippen LogP contribution is 2.66. The van der Waals surface area contributed by atoms with E-state index in [0.29, 0.717) is 11.8 Å². The van der Waals surface area contributed by atoms with Crippen molar-refractivity contribution < 1.29 is 19.3 Å². The van der Waals surface area contributed by atoms with Gasteiger partial charge in [0.25, 0.3) is 0 Å². The van der Waals surface area contributed by atoms with Crippen molar-refractivity contribution in [2.75, 3.05) is 34.4 Å². The topological polar surface area (TPSA) is 51.2 Å². The molecule has 1 saturated heterocycles. The van der Waals surface area contributed by atoms with Crippen molar-refractivity contribution in [3.8, 4) is 11.5 Å². The van der Waals surface area contributed by atoms with Crippen LogP contribution in [0.2, 0.25) is 0 Å². The number of likely N-dealkylation sites (tertiary alicyclic amines) is 1. The molecule has 2 aliphatic carbocycles. The molecule has 5 nitrogen and oxygen atoms in total. The average molecular weight is 341 g/mol. The van der Waals surface area contributed by atoms with Gasteiger partial charge in [0.15, 0.2) is 11.5 Å². The van der Waals surface area contributed by atoms with E-state index < -0.39 is 5.60 Å². The molecule has 0 saturated carbocycles. The van der Waals surface area contributed by atoms with E-state index >= 15 is 0 Å². The first kappa shape index (κ1) is 15.3. The van der Waals surface area contributed by atoms with E-state index in [0.717, 1.165) is 30.9 Å². The highest BCUT2D eigenvalue weighted by Gasteiger charge is 2.70. The Morgan fingerprint density at radius 3 is 2.84 bits per heavy atom. The van der Waals surface area contributed by atoms with Gasteiger partial charge in [-0.2, -0.15) is 0 Å². The van der Waals surface area contributed by atoms with Gasteiger partial charge in [-0.25, -0.2) is 0 Å². The number of ether oxygens (including phenoxy) is 3. The molecule has 3 atom stereocenters. The van der Waals surface area contributed by atoms with Crippen molar-refractivity contribution in [2.24, 2.45) is 0 Å². The molecule has 0 aromatic heterocycles. The summed E-state index contributed by atoms with van der Waals surface area (Å²) in [6, 6.07) is 4.46. The van der Waals surface area contributed by atoms with Crippen LogP contribution in [0, 0.1) is 0 Å². The molecule has 132 valence electrons. The molecular weight excluding hydrogens is 318 g/mol. The predicted molar refractivity (Wildman–Crippen MR) is 93.0 cm³/mol. The minimum absolute atomic E-state index is 0.127. The number of piperidine rings is 1. The molecule has 1 N–H and O–H groups in total. The van der Waals surface area contributed by atoms with Gasteiger partial charge in [-0.1, -0.05) is 12.1 Å². The summed E-state index contributed by atoms with van der Waals surface area (Å²) in [6.45, 7) is 0.831. The Morgan fingerprint density at radius 2 is 2.12 bits per heavy atom. The largest absolute Gasteiger partial charge is 0.497 e. The second kappa shape index (κ2) is 4.80. The summed E-state index contributed by atoms with van der Waals surface area (Å²) in [6.07, 6.45) is 6.00. The van der Waals surface area contributed by atoms with E-state index in [2.05, 4.69) is 24.1 Å². The molecule has 0 unspecified atom stereocenters. The van der Waals surface area contributed by atoms with Gasteiger partial charge in [0.2, 0.25) is 5.60 Å². The Morgan fingerprint density at radius 1 is 1.28 bits per heavy atom. The van der Waals surface area contributed by atoms with Crippen LogP contribution in [0.5, 0.6) is 11.5 Å². The number of aliphatic hydroxyl groups excluding tert-OH is 1. The molecule has 2 aliphatic heterocycles. The summed E-state index contributed by atoms with van der Waals surface area (Å²) in [5.41, 5.74) is 2.53. The van der Waals surface area contributed by atoms with E-state index in [1.165, 1.54) is 16.7 Å². The van der Waals surface area contributed by atoms with Crippen LogP contribution in [0.25, 0.3) is 0 Å². The number of methoxy groups -OCH3 is 2. The number of likely N-dealkylation sites (N-methyl/N-ethyl adjacent to an activating group) is 1. The number of allylic oxidation sites excluding steroid dienone is 2. The normalized spacial score (nSPS) is 34.6. The van der Waals surface area contributed by atoms with Crippen molar-refractivity contribution in [1.82, 2.24) is 4.90 Å². The van der Waals surface area contributed by atoms with Crippen LogP contribution in [0.15, 0.2) is 35.6 Å². The molecule has 4 aliphatic rings. The molecule has 2 heterocycles. The van der Waals surface area contributed by atoms with Gasteiger partial charge in [0, 0.05) is 11.6 Å². The molecular formula is C20H23NO4. The van der Waals surface area contributed by atoms with Crippen LogP contribution < -0.4 is 9.47 Å². The predicted octanol–water partition coefficient (Wildman–Crippen LogP) is 1.79. The molecule has 1 aromatic carbocycles. The summed E-state index contributed by atoms with van der Waals surface area (Å²) in [4.78, 5) is 2.41. The second-order valence-corrected chi connectivity index (χ2v) is 7.43. The highest BCUT2D eigenvalue weighted by molar-refractivity contribution is 5.69. The average Bonchev–Trinajstić information content (AvgIpc) is 2.95. The molecule has 1 fully saturated rings. The first-order valence-corrected chi connectivity index (χ1v) is 8.80. The molecule has 25 heavy (non-hydrogen) atoms. The van der Waals surface area contributed by atoms with Crippen LogP contribution in [0.3, 0.4) is 0 Å². The maximum atomic E-state index is 10.6. The minimum atomic E-state index is -0.905. The lowest BCUT2D eigenvalue weighted by atomic mass is 9.52. The third-order valence-electron chi connectivity index (χ3n) is 6.71.